The van der Waals surface area contributed by atoms with E-state index in [4.69, 9.17) is 11.5 Å². The van der Waals surface area contributed by atoms with E-state index in [0.29, 0.717) is 44.0 Å². The van der Waals surface area contributed by atoms with Crippen molar-refractivity contribution < 1.29 is 28.6 Å². The summed E-state index contributed by atoms with van der Waals surface area (Å²) in [6.45, 7) is 5.29. The monoisotopic (exact) mass is 526 g/mol. The van der Waals surface area contributed by atoms with E-state index >= 15 is 0 Å². The number of aliphatic carboxylic acids is 1. The second-order valence-electron chi connectivity index (χ2n) is 9.64. The summed E-state index contributed by atoms with van der Waals surface area (Å²) in [6, 6.07) is 3.16. The summed E-state index contributed by atoms with van der Waals surface area (Å²) in [5.41, 5.74) is 12.1. The van der Waals surface area contributed by atoms with Gasteiger partial charge in [-0.3, -0.25) is 19.5 Å². The number of piperidine rings is 1. The van der Waals surface area contributed by atoms with Crippen molar-refractivity contribution in [3.8, 4) is 0 Å². The molecule has 2 heterocycles. The molecule has 2 aliphatic rings. The van der Waals surface area contributed by atoms with Gasteiger partial charge < -0.3 is 27.4 Å². The van der Waals surface area contributed by atoms with Crippen molar-refractivity contribution in [3.05, 3.63) is 23.8 Å². The molecule has 0 aliphatic carbocycles. The van der Waals surface area contributed by atoms with Crippen molar-refractivity contribution in [3.63, 3.8) is 0 Å². The van der Waals surface area contributed by atoms with Crippen LogP contribution in [0.25, 0.3) is 0 Å². The molecule has 1 aromatic rings. The molecule has 0 aromatic heterocycles. The highest BCUT2D eigenvalue weighted by Gasteiger charge is 2.40. The highest BCUT2D eigenvalue weighted by molar-refractivity contribution is 7.90. The van der Waals surface area contributed by atoms with Crippen molar-refractivity contribution in [2.24, 2.45) is 28.3 Å². The van der Waals surface area contributed by atoms with Gasteiger partial charge in [-0.1, -0.05) is 26.0 Å². The highest BCUT2D eigenvalue weighted by atomic mass is 32.2. The molecule has 9 N–H and O–H groups in total. The van der Waals surface area contributed by atoms with Crippen molar-refractivity contribution in [1.82, 2.24) is 9.62 Å². The van der Waals surface area contributed by atoms with E-state index in [1.807, 2.05) is 13.0 Å². The first-order valence-electron chi connectivity index (χ1n) is 12.0. The maximum atomic E-state index is 13.4. The minimum atomic E-state index is -4.20. The van der Waals surface area contributed by atoms with Gasteiger partial charge in [0, 0.05) is 19.6 Å². The quantitative estimate of drug-likeness (QED) is 0.164. The van der Waals surface area contributed by atoms with Crippen LogP contribution in [0, 0.1) is 11.8 Å². The molecule has 12 nitrogen and oxygen atoms in total. The number of carbonyl (C=O) groups excluding carboxylic acids is 1. The predicted octanol–water partition coefficient (Wildman–Crippen LogP) is -0.122. The van der Waals surface area contributed by atoms with E-state index in [9.17, 15) is 23.1 Å². The number of carboxylic acids is 1. The molecule has 3 rings (SSSR count). The van der Waals surface area contributed by atoms with Gasteiger partial charge in [0.05, 0.1) is 11.7 Å². The predicted molar refractivity (Wildman–Crippen MR) is 137 cm³/mol. The minimum Gasteiger partial charge on any atom is -0.480 e. The molecule has 1 fully saturated rings. The average molecular weight is 527 g/mol. The van der Waals surface area contributed by atoms with Gasteiger partial charge in [0.1, 0.15) is 10.9 Å². The number of hydrogen-bond acceptors (Lipinski definition) is 7. The Kier molecular flexibility index (Phi) is 10.1. The van der Waals surface area contributed by atoms with Gasteiger partial charge in [0.15, 0.2) is 5.96 Å². The summed E-state index contributed by atoms with van der Waals surface area (Å²) in [7, 11) is -4.20. The van der Waals surface area contributed by atoms with Crippen LogP contribution in [0.3, 0.4) is 0 Å². The Hall–Kier alpha value is -2.90. The topological polar surface area (TPSA) is 212 Å². The number of benzene rings is 1. The zero-order chi connectivity index (χ0) is 25.8. The molecule has 1 saturated heterocycles. The van der Waals surface area contributed by atoms with Gasteiger partial charge in [-0.15, -0.1) is 0 Å². The Morgan fingerprint density at radius 2 is 2.00 bits per heavy atom. The van der Waals surface area contributed by atoms with Crippen molar-refractivity contribution in [2.75, 3.05) is 25.0 Å². The van der Waals surface area contributed by atoms with Crippen LogP contribution < -0.4 is 21.5 Å². The average Bonchev–Trinajstić information content (AvgIpc) is 2.78. The number of hydrogen-bond donors (Lipinski definition) is 5. The number of nitrogens with zero attached hydrogens (tertiary/aromatic N) is 2. The number of carboxylic acid groups (broad SMARTS) is 1. The number of amides is 1. The Bertz CT molecular complexity index is 1070. The standard InChI is InChI=1S/C23H36N6O5S.H2O/c1-14-8-10-29(18(12-14)22(31)32)17(6-4-9-26-23(24)25)21(30)28-35(33,34)19-7-3-5-16-11-15(2)13-27-20(16)19;/h3,5,7,14-15,17-18,27H,4,6,8-13H2,1-2H3,(H,28,30)(H,31,32)(H4,24,25,26);1H2. The summed E-state index contributed by atoms with van der Waals surface area (Å²) in [6.07, 6.45) is 2.42. The fraction of sp³-hybridized carbons (Fsp3) is 0.609. The largest absolute Gasteiger partial charge is 0.480 e. The van der Waals surface area contributed by atoms with Gasteiger partial charge in [-0.25, -0.2) is 13.1 Å². The van der Waals surface area contributed by atoms with E-state index in [1.54, 1.807) is 11.0 Å². The number of nitrogens with one attached hydrogen (secondary N) is 2. The van der Waals surface area contributed by atoms with Gasteiger partial charge >= 0.3 is 5.97 Å². The van der Waals surface area contributed by atoms with Gasteiger partial charge in [-0.05, 0) is 55.6 Å². The van der Waals surface area contributed by atoms with Crippen molar-refractivity contribution >= 4 is 33.5 Å². The Morgan fingerprint density at radius 3 is 2.67 bits per heavy atom. The zero-order valence-electron chi connectivity index (χ0n) is 20.7. The number of likely N-dealkylation sites (tertiary alicyclic amines) is 1. The molecule has 202 valence electrons. The normalized spacial score (nSPS) is 22.8. The summed E-state index contributed by atoms with van der Waals surface area (Å²) in [4.78, 5) is 30.9. The van der Waals surface area contributed by atoms with Crippen LogP contribution in [0.1, 0.15) is 45.1 Å². The molecule has 0 saturated carbocycles. The van der Waals surface area contributed by atoms with Crippen LogP contribution >= 0.6 is 0 Å². The number of sulfonamides is 1. The lowest BCUT2D eigenvalue weighted by atomic mass is 9.90. The molecule has 0 radical (unpaired) electrons. The Morgan fingerprint density at radius 1 is 1.28 bits per heavy atom. The van der Waals surface area contributed by atoms with E-state index < -0.39 is 34.0 Å². The third-order valence-electron chi connectivity index (χ3n) is 6.66. The molecule has 1 aromatic carbocycles. The summed E-state index contributed by atoms with van der Waals surface area (Å²) < 4.78 is 28.8. The number of para-hydroxylation sites is 1. The molecule has 13 heteroatoms. The summed E-state index contributed by atoms with van der Waals surface area (Å²) in [5.74, 6) is -1.32. The van der Waals surface area contributed by atoms with Crippen molar-refractivity contribution in [2.45, 2.75) is 62.9 Å². The third-order valence-corrected chi connectivity index (χ3v) is 8.05. The first-order valence-corrected chi connectivity index (χ1v) is 13.4. The summed E-state index contributed by atoms with van der Waals surface area (Å²) >= 11 is 0. The first-order chi connectivity index (χ1) is 16.5. The fourth-order valence-electron chi connectivity index (χ4n) is 4.87. The third kappa shape index (κ3) is 7.08. The van der Waals surface area contributed by atoms with E-state index in [1.165, 1.54) is 6.07 Å². The minimum absolute atomic E-state index is 0. The lowest BCUT2D eigenvalue weighted by Crippen LogP contribution is -2.57. The molecule has 36 heavy (non-hydrogen) atoms. The van der Waals surface area contributed by atoms with Gasteiger partial charge in [0.2, 0.25) is 0 Å². The molecule has 4 unspecified atom stereocenters. The highest BCUT2D eigenvalue weighted by Crippen LogP contribution is 2.32. The van der Waals surface area contributed by atoms with Crippen LogP contribution in [0.15, 0.2) is 28.1 Å². The number of rotatable bonds is 9. The van der Waals surface area contributed by atoms with Crippen LogP contribution in [0.5, 0.6) is 0 Å². The van der Waals surface area contributed by atoms with E-state index in [0.717, 1.165) is 12.0 Å². The molecule has 2 aliphatic heterocycles. The molecule has 1 amide bonds. The van der Waals surface area contributed by atoms with E-state index in [-0.39, 0.29) is 35.2 Å². The lowest BCUT2D eigenvalue weighted by Gasteiger charge is -2.40. The molecule has 4 atom stereocenters. The number of fused-ring (bicyclic) bond motifs is 1. The van der Waals surface area contributed by atoms with Crippen molar-refractivity contribution in [1.29, 1.82) is 0 Å². The summed E-state index contributed by atoms with van der Waals surface area (Å²) in [5, 5.41) is 13.0. The molecule has 0 spiro atoms. The number of carbonyl (C=O) groups is 2. The number of guanidine groups is 1. The lowest BCUT2D eigenvalue weighted by molar-refractivity contribution is -0.148. The van der Waals surface area contributed by atoms with Crippen LogP contribution in [-0.4, -0.2) is 73.5 Å². The SMILES string of the molecule is CC1CNc2c(cccc2S(=O)(=O)NC(=O)C(CCCN=C(N)N)N2CCC(C)CC2C(=O)O)C1.O. The number of aliphatic imine (C=N–C) groups is 1. The Balaban J connectivity index is 0.00000456. The van der Waals surface area contributed by atoms with Crippen LogP contribution in [0.2, 0.25) is 0 Å². The second-order valence-corrected chi connectivity index (χ2v) is 11.3. The second kappa shape index (κ2) is 12.4. The first kappa shape index (κ1) is 29.3. The number of anilines is 1. The van der Waals surface area contributed by atoms with E-state index in [2.05, 4.69) is 22.0 Å². The van der Waals surface area contributed by atoms with Gasteiger partial charge in [-0.2, -0.15) is 0 Å². The maximum Gasteiger partial charge on any atom is 0.320 e. The Labute approximate surface area is 211 Å². The zero-order valence-corrected chi connectivity index (χ0v) is 21.6. The number of nitrogens with two attached hydrogens (primary N) is 2. The maximum absolute atomic E-state index is 13.4. The molecular formula is C23H38N6O6S. The van der Waals surface area contributed by atoms with Gasteiger partial charge in [0.25, 0.3) is 15.9 Å². The van der Waals surface area contributed by atoms with Crippen LogP contribution in [0.4, 0.5) is 5.69 Å². The molecular weight excluding hydrogens is 488 g/mol. The van der Waals surface area contributed by atoms with Crippen LogP contribution in [-0.2, 0) is 26.0 Å². The fourth-order valence-corrected chi connectivity index (χ4v) is 6.11. The molecule has 0 bridgehead atoms. The smallest absolute Gasteiger partial charge is 0.320 e.